The summed E-state index contributed by atoms with van der Waals surface area (Å²) in [5.74, 6) is 0.132. The van der Waals surface area contributed by atoms with Gasteiger partial charge in [0, 0.05) is 16.3 Å². The van der Waals surface area contributed by atoms with Gasteiger partial charge in [-0.3, -0.25) is 4.79 Å². The number of halogens is 1. The zero-order chi connectivity index (χ0) is 21.3. The van der Waals surface area contributed by atoms with Crippen LogP contribution >= 0.6 is 11.6 Å². The number of nitrogens with zero attached hydrogens (tertiary/aromatic N) is 1. The summed E-state index contributed by atoms with van der Waals surface area (Å²) in [4.78, 5) is 12.7. The Bertz CT molecular complexity index is 1100. The van der Waals surface area contributed by atoms with E-state index in [0.29, 0.717) is 28.6 Å². The third-order valence-corrected chi connectivity index (χ3v) is 4.79. The van der Waals surface area contributed by atoms with E-state index in [1.165, 1.54) is 0 Å². The lowest BCUT2D eigenvalue weighted by molar-refractivity contribution is -0.112. The minimum atomic E-state index is -0.453. The van der Waals surface area contributed by atoms with Crippen LogP contribution in [0.3, 0.4) is 0 Å². The fraction of sp³-hybridized carbons (Fsp3) is 0.120. The van der Waals surface area contributed by atoms with Crippen molar-refractivity contribution in [3.8, 4) is 11.8 Å². The average Bonchev–Trinajstić information content (AvgIpc) is 2.78. The molecule has 3 aromatic carbocycles. The minimum Gasteiger partial charge on any atom is -0.488 e. The van der Waals surface area contributed by atoms with Gasteiger partial charge in [-0.05, 0) is 47.9 Å². The van der Waals surface area contributed by atoms with Gasteiger partial charge in [-0.15, -0.1) is 0 Å². The van der Waals surface area contributed by atoms with Crippen molar-refractivity contribution in [2.45, 2.75) is 20.0 Å². The van der Waals surface area contributed by atoms with E-state index in [9.17, 15) is 10.1 Å². The highest BCUT2D eigenvalue weighted by molar-refractivity contribution is 6.30. The SMILES string of the molecule is CCc1ccccc1NC(=O)/C(C#N)=C/c1ccccc1OCc1ccc(Cl)cc1. The summed E-state index contributed by atoms with van der Waals surface area (Å²) in [5, 5.41) is 13.1. The predicted octanol–water partition coefficient (Wildman–Crippen LogP) is 6.03. The van der Waals surface area contributed by atoms with E-state index in [4.69, 9.17) is 16.3 Å². The Kier molecular flexibility index (Phi) is 7.26. The van der Waals surface area contributed by atoms with Crippen molar-refractivity contribution in [3.05, 3.63) is 100 Å². The van der Waals surface area contributed by atoms with E-state index in [1.54, 1.807) is 24.3 Å². The Hall–Kier alpha value is -3.55. The molecule has 3 aromatic rings. The highest BCUT2D eigenvalue weighted by atomic mass is 35.5. The van der Waals surface area contributed by atoms with Crippen LogP contribution in [0.4, 0.5) is 5.69 Å². The van der Waals surface area contributed by atoms with Gasteiger partial charge in [0.25, 0.3) is 5.91 Å². The fourth-order valence-electron chi connectivity index (χ4n) is 2.92. The lowest BCUT2D eigenvalue weighted by Crippen LogP contribution is -2.14. The second-order valence-corrected chi connectivity index (χ2v) is 7.02. The van der Waals surface area contributed by atoms with Gasteiger partial charge in [-0.2, -0.15) is 5.26 Å². The van der Waals surface area contributed by atoms with Crippen LogP contribution in [0, 0.1) is 11.3 Å². The number of nitrogens with one attached hydrogen (secondary N) is 1. The molecule has 0 saturated heterocycles. The van der Waals surface area contributed by atoms with E-state index < -0.39 is 5.91 Å². The molecule has 0 saturated carbocycles. The van der Waals surface area contributed by atoms with Crippen molar-refractivity contribution < 1.29 is 9.53 Å². The second-order valence-electron chi connectivity index (χ2n) is 6.59. The van der Waals surface area contributed by atoms with Crippen LogP contribution in [0.15, 0.2) is 78.4 Å². The van der Waals surface area contributed by atoms with Crippen LogP contribution in [-0.2, 0) is 17.8 Å². The third kappa shape index (κ3) is 5.50. The maximum atomic E-state index is 12.7. The van der Waals surface area contributed by atoms with Crippen molar-refractivity contribution in [2.24, 2.45) is 0 Å². The lowest BCUT2D eigenvalue weighted by atomic mass is 10.1. The first-order valence-electron chi connectivity index (χ1n) is 9.58. The van der Waals surface area contributed by atoms with Gasteiger partial charge in [0.1, 0.15) is 24.0 Å². The summed E-state index contributed by atoms with van der Waals surface area (Å²) in [6.07, 6.45) is 2.32. The molecule has 0 heterocycles. The average molecular weight is 417 g/mol. The molecule has 0 spiro atoms. The summed E-state index contributed by atoms with van der Waals surface area (Å²) in [7, 11) is 0. The number of carbonyl (C=O) groups excluding carboxylic acids is 1. The molecule has 0 aromatic heterocycles. The van der Waals surface area contributed by atoms with Crippen molar-refractivity contribution in [1.82, 2.24) is 0 Å². The van der Waals surface area contributed by atoms with E-state index in [-0.39, 0.29) is 5.57 Å². The number of carbonyl (C=O) groups is 1. The molecule has 1 amide bonds. The molecule has 1 N–H and O–H groups in total. The number of amides is 1. The largest absolute Gasteiger partial charge is 0.488 e. The minimum absolute atomic E-state index is 0.00319. The first-order chi connectivity index (χ1) is 14.6. The van der Waals surface area contributed by atoms with Gasteiger partial charge in [0.15, 0.2) is 0 Å². The molecule has 0 unspecified atom stereocenters. The van der Waals surface area contributed by atoms with Gasteiger partial charge in [-0.25, -0.2) is 0 Å². The van der Waals surface area contributed by atoms with Gasteiger partial charge in [0.05, 0.1) is 0 Å². The van der Waals surface area contributed by atoms with E-state index in [0.717, 1.165) is 17.5 Å². The van der Waals surface area contributed by atoms with Crippen LogP contribution in [-0.4, -0.2) is 5.91 Å². The molecule has 3 rings (SSSR count). The summed E-state index contributed by atoms with van der Waals surface area (Å²) in [6, 6.07) is 24.2. The van der Waals surface area contributed by atoms with E-state index >= 15 is 0 Å². The van der Waals surface area contributed by atoms with Crippen molar-refractivity contribution in [2.75, 3.05) is 5.32 Å². The van der Waals surface area contributed by atoms with Crippen LogP contribution in [0.1, 0.15) is 23.6 Å². The number of anilines is 1. The first-order valence-corrected chi connectivity index (χ1v) is 9.96. The summed E-state index contributed by atoms with van der Waals surface area (Å²) in [5.41, 5.74) is 3.34. The summed E-state index contributed by atoms with van der Waals surface area (Å²) < 4.78 is 5.91. The third-order valence-electron chi connectivity index (χ3n) is 4.54. The highest BCUT2D eigenvalue weighted by Gasteiger charge is 2.13. The van der Waals surface area contributed by atoms with Crippen LogP contribution in [0.5, 0.6) is 5.75 Å². The molecule has 0 bridgehead atoms. The Morgan fingerprint density at radius 2 is 1.77 bits per heavy atom. The quantitative estimate of drug-likeness (QED) is 0.378. The van der Waals surface area contributed by atoms with Gasteiger partial charge in [-0.1, -0.05) is 67.1 Å². The highest BCUT2D eigenvalue weighted by Crippen LogP contribution is 2.23. The molecular weight excluding hydrogens is 396 g/mol. The van der Waals surface area contributed by atoms with Crippen molar-refractivity contribution in [3.63, 3.8) is 0 Å². The van der Waals surface area contributed by atoms with Gasteiger partial charge >= 0.3 is 0 Å². The van der Waals surface area contributed by atoms with Crippen molar-refractivity contribution in [1.29, 1.82) is 5.26 Å². The summed E-state index contributed by atoms with van der Waals surface area (Å²) in [6.45, 7) is 2.36. The van der Waals surface area contributed by atoms with E-state index in [2.05, 4.69) is 5.32 Å². The van der Waals surface area contributed by atoms with Gasteiger partial charge in [0.2, 0.25) is 0 Å². The molecule has 0 aliphatic carbocycles. The maximum absolute atomic E-state index is 12.7. The molecule has 5 heteroatoms. The summed E-state index contributed by atoms with van der Waals surface area (Å²) >= 11 is 5.92. The van der Waals surface area contributed by atoms with Crippen molar-refractivity contribution >= 4 is 29.3 Å². The monoisotopic (exact) mass is 416 g/mol. The molecule has 0 atom stereocenters. The number of rotatable bonds is 7. The number of aryl methyl sites for hydroxylation is 1. The first kappa shape index (κ1) is 21.2. The second kappa shape index (κ2) is 10.3. The fourth-order valence-corrected chi connectivity index (χ4v) is 3.04. The number of hydrogen-bond acceptors (Lipinski definition) is 3. The standard InChI is InChI=1S/C25H21ClN2O2/c1-2-19-7-3-5-9-23(19)28-25(29)21(16-27)15-20-8-4-6-10-24(20)30-17-18-11-13-22(26)14-12-18/h3-15H,2,17H2,1H3,(H,28,29)/b21-15+. The zero-order valence-corrected chi connectivity index (χ0v) is 17.3. The zero-order valence-electron chi connectivity index (χ0n) is 16.6. The Balaban J connectivity index is 1.79. The molecule has 0 radical (unpaired) electrons. The molecule has 0 aliphatic rings. The number of ether oxygens (including phenoxy) is 1. The maximum Gasteiger partial charge on any atom is 0.266 e. The molecule has 4 nitrogen and oxygen atoms in total. The van der Waals surface area contributed by atoms with Crippen LogP contribution in [0.25, 0.3) is 6.08 Å². The Morgan fingerprint density at radius 3 is 2.50 bits per heavy atom. The van der Waals surface area contributed by atoms with Crippen LogP contribution < -0.4 is 10.1 Å². The molecule has 30 heavy (non-hydrogen) atoms. The predicted molar refractivity (Wildman–Crippen MR) is 120 cm³/mol. The molecule has 150 valence electrons. The molecule has 0 aliphatic heterocycles. The van der Waals surface area contributed by atoms with Crippen LogP contribution in [0.2, 0.25) is 5.02 Å². The number of benzene rings is 3. The number of nitriles is 1. The normalized spacial score (nSPS) is 10.9. The topological polar surface area (TPSA) is 62.1 Å². The Labute approximate surface area is 181 Å². The van der Waals surface area contributed by atoms with Gasteiger partial charge < -0.3 is 10.1 Å². The Morgan fingerprint density at radius 1 is 1.07 bits per heavy atom. The lowest BCUT2D eigenvalue weighted by Gasteiger charge is -2.11. The number of hydrogen-bond donors (Lipinski definition) is 1. The molecular formula is C25H21ClN2O2. The van der Waals surface area contributed by atoms with E-state index in [1.807, 2.05) is 67.6 Å². The number of para-hydroxylation sites is 2. The smallest absolute Gasteiger partial charge is 0.266 e. The molecule has 0 fully saturated rings.